The Hall–Kier alpha value is -4.09. The van der Waals surface area contributed by atoms with Gasteiger partial charge in [-0.3, -0.25) is 14.5 Å². The molecule has 4 rings (SSSR count). The molecule has 0 radical (unpaired) electrons. The fourth-order valence-electron chi connectivity index (χ4n) is 4.97. The second-order valence-corrected chi connectivity index (χ2v) is 11.3. The maximum absolute atomic E-state index is 13.6. The van der Waals surface area contributed by atoms with Crippen LogP contribution in [0.2, 0.25) is 0 Å². The van der Waals surface area contributed by atoms with Gasteiger partial charge in [0.1, 0.15) is 23.4 Å². The van der Waals surface area contributed by atoms with Crippen LogP contribution >= 0.6 is 0 Å². The number of nitrogens with zero attached hydrogens (tertiary/aromatic N) is 2. The Morgan fingerprint density at radius 1 is 1.11 bits per heavy atom. The van der Waals surface area contributed by atoms with Crippen molar-refractivity contribution >= 4 is 17.5 Å². The molecule has 0 bridgehead atoms. The number of para-hydroxylation sites is 1. The first-order valence-electron chi connectivity index (χ1n) is 14.5. The van der Waals surface area contributed by atoms with E-state index in [-0.39, 0.29) is 29.9 Å². The van der Waals surface area contributed by atoms with Gasteiger partial charge >= 0.3 is 6.18 Å². The number of anilines is 1. The molecule has 236 valence electrons. The summed E-state index contributed by atoms with van der Waals surface area (Å²) in [7, 11) is 1.98. The van der Waals surface area contributed by atoms with Gasteiger partial charge in [-0.15, -0.1) is 0 Å². The van der Waals surface area contributed by atoms with E-state index in [2.05, 4.69) is 10.2 Å². The summed E-state index contributed by atoms with van der Waals surface area (Å²) in [5.74, 6) is 0.471. The summed E-state index contributed by atoms with van der Waals surface area (Å²) >= 11 is 0. The number of nitrogens with one attached hydrogen (secondary N) is 1. The van der Waals surface area contributed by atoms with E-state index in [1.165, 1.54) is 12.1 Å². The second kappa shape index (κ2) is 14.6. The molecule has 0 aromatic heterocycles. The predicted octanol–water partition coefficient (Wildman–Crippen LogP) is 6.11. The van der Waals surface area contributed by atoms with Crippen LogP contribution in [0.4, 0.5) is 18.9 Å². The van der Waals surface area contributed by atoms with Crippen molar-refractivity contribution in [1.82, 2.24) is 9.80 Å². The summed E-state index contributed by atoms with van der Waals surface area (Å²) in [6, 6.07) is 21.3. The maximum Gasteiger partial charge on any atom is 0.389 e. The molecule has 44 heavy (non-hydrogen) atoms. The van der Waals surface area contributed by atoms with E-state index >= 15 is 0 Å². The van der Waals surface area contributed by atoms with Gasteiger partial charge in [-0.05, 0) is 62.0 Å². The minimum atomic E-state index is -4.45. The van der Waals surface area contributed by atoms with Crippen molar-refractivity contribution in [3.63, 3.8) is 0 Å². The first-order chi connectivity index (χ1) is 20.9. The number of aliphatic hydroxyl groups excluding tert-OH is 1. The molecule has 3 atom stereocenters. The van der Waals surface area contributed by atoms with Gasteiger partial charge in [0.15, 0.2) is 0 Å². The van der Waals surface area contributed by atoms with E-state index < -0.39 is 36.9 Å². The number of hydrogen-bond donors (Lipinski definition) is 2. The summed E-state index contributed by atoms with van der Waals surface area (Å²) in [6.45, 7) is 4.93. The molecule has 0 spiro atoms. The molecule has 11 heteroatoms. The first kappa shape index (κ1) is 32.8. The lowest BCUT2D eigenvalue weighted by atomic mass is 9.99. The Bertz CT molecular complexity index is 1400. The Labute approximate surface area is 255 Å². The van der Waals surface area contributed by atoms with Crippen molar-refractivity contribution in [2.75, 3.05) is 32.1 Å². The van der Waals surface area contributed by atoms with Crippen LogP contribution in [0, 0.1) is 5.92 Å². The van der Waals surface area contributed by atoms with Crippen molar-refractivity contribution < 1.29 is 37.3 Å². The van der Waals surface area contributed by atoms with E-state index in [9.17, 15) is 27.9 Å². The summed E-state index contributed by atoms with van der Waals surface area (Å²) in [6.07, 6.45) is -6.76. The number of likely N-dealkylation sites (N-methyl/N-ethyl adjacent to an activating group) is 1. The number of rotatable bonds is 11. The Morgan fingerprint density at radius 2 is 1.80 bits per heavy atom. The molecular weight excluding hydrogens is 575 g/mol. The molecular formula is C33H38F3N3O5. The number of halogens is 3. The third-order valence-electron chi connectivity index (χ3n) is 7.43. The number of hydrogen-bond acceptors (Lipinski definition) is 6. The van der Waals surface area contributed by atoms with Gasteiger partial charge in [0.05, 0.1) is 24.6 Å². The van der Waals surface area contributed by atoms with Crippen LogP contribution in [0.1, 0.15) is 42.6 Å². The molecule has 2 N–H and O–H groups in total. The van der Waals surface area contributed by atoms with Crippen molar-refractivity contribution in [2.24, 2.45) is 5.92 Å². The maximum atomic E-state index is 13.6. The molecule has 0 fully saturated rings. The minimum absolute atomic E-state index is 0.105. The van der Waals surface area contributed by atoms with E-state index in [1.54, 1.807) is 17.9 Å². The lowest BCUT2D eigenvalue weighted by Crippen LogP contribution is -2.49. The monoisotopic (exact) mass is 613 g/mol. The highest BCUT2D eigenvalue weighted by Gasteiger charge is 2.34. The van der Waals surface area contributed by atoms with E-state index in [0.717, 1.165) is 17.1 Å². The minimum Gasteiger partial charge on any atom is -0.488 e. The van der Waals surface area contributed by atoms with E-state index in [0.29, 0.717) is 25.4 Å². The largest absolute Gasteiger partial charge is 0.488 e. The molecule has 3 aromatic rings. The second-order valence-electron chi connectivity index (χ2n) is 11.3. The van der Waals surface area contributed by atoms with Gasteiger partial charge in [-0.1, -0.05) is 37.3 Å². The Kier molecular flexibility index (Phi) is 10.9. The molecule has 1 aliphatic heterocycles. The van der Waals surface area contributed by atoms with Gasteiger partial charge in [-0.2, -0.15) is 13.2 Å². The zero-order chi connectivity index (χ0) is 31.9. The highest BCUT2D eigenvalue weighted by atomic mass is 19.4. The number of aliphatic hydroxyl groups is 1. The van der Waals surface area contributed by atoms with Crippen molar-refractivity contribution in [3.8, 4) is 17.2 Å². The SMILES string of the molecule is C[C@H](CO)N1C[C@H](C)[C@H](CN(C)Cc2ccc(Oc3ccccc3)cc2)Oc2ccc(NC(=O)CCC(F)(F)F)cc2C1=O. The lowest BCUT2D eigenvalue weighted by molar-refractivity contribution is -0.142. The number of fused-ring (bicyclic) bond motifs is 1. The van der Waals surface area contributed by atoms with E-state index in [4.69, 9.17) is 9.47 Å². The van der Waals surface area contributed by atoms with Gasteiger partial charge < -0.3 is 24.8 Å². The fraction of sp³-hybridized carbons (Fsp3) is 0.394. The predicted molar refractivity (Wildman–Crippen MR) is 161 cm³/mol. The number of amides is 2. The normalized spacial score (nSPS) is 17.7. The smallest absolute Gasteiger partial charge is 0.389 e. The van der Waals surface area contributed by atoms with Crippen LogP contribution in [0.3, 0.4) is 0 Å². The summed E-state index contributed by atoms with van der Waals surface area (Å²) < 4.78 is 50.0. The molecule has 8 nitrogen and oxygen atoms in total. The average molecular weight is 614 g/mol. The van der Waals surface area contributed by atoms with Gasteiger partial charge in [0.25, 0.3) is 5.91 Å². The molecule has 3 aromatic carbocycles. The summed E-state index contributed by atoms with van der Waals surface area (Å²) in [5.41, 5.74) is 1.42. The molecule has 0 saturated carbocycles. The number of carbonyl (C=O) groups excluding carboxylic acids is 2. The van der Waals surface area contributed by atoms with Crippen LogP contribution in [-0.4, -0.2) is 71.8 Å². The third-order valence-corrected chi connectivity index (χ3v) is 7.43. The van der Waals surface area contributed by atoms with Crippen LogP contribution in [0.5, 0.6) is 17.2 Å². The van der Waals surface area contributed by atoms with Gasteiger partial charge in [0, 0.05) is 37.7 Å². The van der Waals surface area contributed by atoms with Gasteiger partial charge in [-0.25, -0.2) is 0 Å². The van der Waals surface area contributed by atoms with Crippen LogP contribution < -0.4 is 14.8 Å². The zero-order valence-corrected chi connectivity index (χ0v) is 25.0. The van der Waals surface area contributed by atoms with Crippen LogP contribution in [0.15, 0.2) is 72.8 Å². The first-order valence-corrected chi connectivity index (χ1v) is 14.5. The summed E-state index contributed by atoms with van der Waals surface area (Å²) in [5, 5.41) is 12.3. The number of ether oxygens (including phenoxy) is 2. The van der Waals surface area contributed by atoms with Crippen LogP contribution in [0.25, 0.3) is 0 Å². The molecule has 1 heterocycles. The van der Waals surface area contributed by atoms with Crippen molar-refractivity contribution in [1.29, 1.82) is 0 Å². The highest BCUT2D eigenvalue weighted by Crippen LogP contribution is 2.31. The highest BCUT2D eigenvalue weighted by molar-refractivity contribution is 5.99. The van der Waals surface area contributed by atoms with Gasteiger partial charge in [0.2, 0.25) is 5.91 Å². The molecule has 0 unspecified atom stereocenters. The summed E-state index contributed by atoms with van der Waals surface area (Å²) in [4.78, 5) is 29.4. The van der Waals surface area contributed by atoms with E-state index in [1.807, 2.05) is 68.6 Å². The lowest BCUT2D eigenvalue weighted by Gasteiger charge is -2.38. The topological polar surface area (TPSA) is 91.3 Å². The van der Waals surface area contributed by atoms with Crippen molar-refractivity contribution in [3.05, 3.63) is 83.9 Å². The Balaban J connectivity index is 1.48. The number of alkyl halides is 3. The van der Waals surface area contributed by atoms with Crippen LogP contribution in [-0.2, 0) is 11.3 Å². The number of benzene rings is 3. The molecule has 1 aliphatic rings. The zero-order valence-electron chi connectivity index (χ0n) is 25.0. The molecule has 0 saturated heterocycles. The quantitative estimate of drug-likeness (QED) is 0.271. The third kappa shape index (κ3) is 9.20. The standard InChI is InChI=1S/C33H38F3N3O5/c1-22-18-39(23(2)21-40)32(42)28-17-25(37-31(41)15-16-33(34,35)36)11-14-29(28)44-30(22)20-38(3)19-24-9-12-27(13-10-24)43-26-7-5-4-6-8-26/h4-14,17,22-23,30,40H,15-16,18-21H2,1-3H3,(H,37,41)/t22-,23+,30-/m0/s1. The number of carbonyl (C=O) groups is 2. The average Bonchev–Trinajstić information content (AvgIpc) is 2.99. The Morgan fingerprint density at radius 3 is 2.45 bits per heavy atom. The van der Waals surface area contributed by atoms with Crippen molar-refractivity contribution in [2.45, 2.75) is 51.6 Å². The molecule has 2 amide bonds. The fourth-order valence-corrected chi connectivity index (χ4v) is 4.97. The molecule has 0 aliphatic carbocycles.